The van der Waals surface area contributed by atoms with E-state index in [1.54, 1.807) is 0 Å². The first-order valence-corrected chi connectivity index (χ1v) is 10.4. The first kappa shape index (κ1) is 20.4. The van der Waals surface area contributed by atoms with E-state index in [2.05, 4.69) is 105 Å². The van der Waals surface area contributed by atoms with Gasteiger partial charge >= 0.3 is 0 Å². The predicted molar refractivity (Wildman–Crippen MR) is 118 cm³/mol. The van der Waals surface area contributed by atoms with Gasteiger partial charge in [0, 0.05) is 6.54 Å². The summed E-state index contributed by atoms with van der Waals surface area (Å²) in [5.41, 5.74) is 2.86. The summed E-state index contributed by atoms with van der Waals surface area (Å²) < 4.78 is 5.93. The van der Waals surface area contributed by atoms with Crippen molar-refractivity contribution in [3.05, 3.63) is 95.8 Å². The fourth-order valence-electron chi connectivity index (χ4n) is 4.19. The van der Waals surface area contributed by atoms with Crippen molar-refractivity contribution in [1.82, 2.24) is 4.90 Å². The lowest BCUT2D eigenvalue weighted by atomic mass is 9.71. The topological polar surface area (TPSA) is 12.5 Å². The number of allylic oxidation sites excluding steroid dienone is 3. The molecule has 3 atom stereocenters. The molecule has 0 saturated heterocycles. The lowest BCUT2D eigenvalue weighted by Gasteiger charge is -2.33. The lowest BCUT2D eigenvalue weighted by molar-refractivity contribution is 0.190. The maximum atomic E-state index is 5.93. The Bertz CT molecular complexity index is 764. The summed E-state index contributed by atoms with van der Waals surface area (Å²) in [5, 5.41) is 0. The third-order valence-electron chi connectivity index (χ3n) is 5.65. The molecule has 0 aromatic heterocycles. The van der Waals surface area contributed by atoms with E-state index in [1.807, 2.05) is 0 Å². The van der Waals surface area contributed by atoms with Crippen molar-refractivity contribution in [2.75, 3.05) is 27.2 Å². The van der Waals surface area contributed by atoms with Crippen LogP contribution >= 0.6 is 0 Å². The molecule has 28 heavy (non-hydrogen) atoms. The first-order valence-electron chi connectivity index (χ1n) is 10.4. The van der Waals surface area contributed by atoms with Gasteiger partial charge in [-0.25, -0.2) is 0 Å². The number of hydrogen-bond donors (Lipinski definition) is 0. The zero-order valence-electron chi connectivity index (χ0n) is 17.4. The molecule has 3 rings (SSSR count). The number of ether oxygens (including phenoxy) is 1. The molecule has 0 heterocycles. The second kappa shape index (κ2) is 10.3. The van der Waals surface area contributed by atoms with Gasteiger partial charge in [0.25, 0.3) is 0 Å². The molecule has 2 nitrogen and oxygen atoms in total. The molecule has 1 aliphatic carbocycles. The van der Waals surface area contributed by atoms with Gasteiger partial charge in [-0.3, -0.25) is 0 Å². The molecule has 0 spiro atoms. The van der Waals surface area contributed by atoms with Crippen molar-refractivity contribution >= 4 is 0 Å². The minimum atomic E-state index is 0.462. The molecule has 0 aliphatic heterocycles. The molecule has 2 aromatic carbocycles. The zero-order valence-corrected chi connectivity index (χ0v) is 17.4. The van der Waals surface area contributed by atoms with Crippen molar-refractivity contribution in [3.8, 4) is 0 Å². The maximum absolute atomic E-state index is 5.93. The van der Waals surface area contributed by atoms with Crippen LogP contribution in [0.5, 0.6) is 0 Å². The SMILES string of the molecule is CCC(c1ccccc1)C(c1ccccc1)C1C=CC(OCCN(C)C)=CC1. The van der Waals surface area contributed by atoms with Gasteiger partial charge in [-0.2, -0.15) is 0 Å². The highest BCUT2D eigenvalue weighted by Gasteiger charge is 2.30. The second-order valence-corrected chi connectivity index (χ2v) is 7.88. The Kier molecular flexibility index (Phi) is 7.50. The fourth-order valence-corrected chi connectivity index (χ4v) is 4.19. The van der Waals surface area contributed by atoms with E-state index in [0.717, 1.165) is 31.8 Å². The van der Waals surface area contributed by atoms with Crippen molar-refractivity contribution < 1.29 is 4.74 Å². The Morgan fingerprint density at radius 1 is 0.964 bits per heavy atom. The van der Waals surface area contributed by atoms with Crippen LogP contribution in [0.1, 0.15) is 42.7 Å². The number of rotatable bonds is 9. The summed E-state index contributed by atoms with van der Waals surface area (Å²) in [5.74, 6) is 2.46. The molecule has 0 bridgehead atoms. The van der Waals surface area contributed by atoms with Crippen molar-refractivity contribution in [2.45, 2.75) is 31.6 Å². The van der Waals surface area contributed by atoms with Gasteiger partial charge in [0.05, 0.1) is 0 Å². The van der Waals surface area contributed by atoms with Crippen LogP contribution in [-0.4, -0.2) is 32.1 Å². The molecule has 2 aromatic rings. The third kappa shape index (κ3) is 5.36. The van der Waals surface area contributed by atoms with Crippen LogP contribution in [-0.2, 0) is 4.74 Å². The van der Waals surface area contributed by atoms with Crippen LogP contribution in [0.15, 0.2) is 84.7 Å². The van der Waals surface area contributed by atoms with Gasteiger partial charge in [-0.15, -0.1) is 0 Å². The number of benzene rings is 2. The Balaban J connectivity index is 1.79. The molecule has 0 radical (unpaired) electrons. The van der Waals surface area contributed by atoms with E-state index < -0.39 is 0 Å². The summed E-state index contributed by atoms with van der Waals surface area (Å²) >= 11 is 0. The van der Waals surface area contributed by atoms with Crippen LogP contribution in [0.3, 0.4) is 0 Å². The molecule has 2 heteroatoms. The summed E-state index contributed by atoms with van der Waals surface area (Å²) in [6, 6.07) is 22.0. The van der Waals surface area contributed by atoms with E-state index in [0.29, 0.717) is 17.8 Å². The smallest absolute Gasteiger partial charge is 0.115 e. The van der Waals surface area contributed by atoms with E-state index in [1.165, 1.54) is 11.1 Å². The summed E-state index contributed by atoms with van der Waals surface area (Å²) in [6.45, 7) is 3.98. The quantitative estimate of drug-likeness (QED) is 0.533. The number of likely N-dealkylation sites (N-methyl/N-ethyl adjacent to an activating group) is 1. The average molecular weight is 376 g/mol. The van der Waals surface area contributed by atoms with Crippen molar-refractivity contribution in [1.29, 1.82) is 0 Å². The monoisotopic (exact) mass is 375 g/mol. The lowest BCUT2D eigenvalue weighted by Crippen LogP contribution is -2.21. The first-order chi connectivity index (χ1) is 13.7. The van der Waals surface area contributed by atoms with Crippen LogP contribution in [0.4, 0.5) is 0 Å². The van der Waals surface area contributed by atoms with Gasteiger partial charge in [-0.1, -0.05) is 73.7 Å². The highest BCUT2D eigenvalue weighted by Crippen LogP contribution is 2.43. The van der Waals surface area contributed by atoms with E-state index in [4.69, 9.17) is 4.74 Å². The van der Waals surface area contributed by atoms with Crippen LogP contribution in [0, 0.1) is 5.92 Å². The summed E-state index contributed by atoms with van der Waals surface area (Å²) in [6.07, 6.45) is 8.97. The molecule has 148 valence electrons. The van der Waals surface area contributed by atoms with Crippen LogP contribution in [0.25, 0.3) is 0 Å². The molecule has 0 fully saturated rings. The molecule has 1 aliphatic rings. The van der Waals surface area contributed by atoms with Crippen LogP contribution < -0.4 is 0 Å². The molecule has 0 saturated carbocycles. The normalized spacial score (nSPS) is 18.6. The van der Waals surface area contributed by atoms with Gasteiger partial charge in [0.1, 0.15) is 12.4 Å². The highest BCUT2D eigenvalue weighted by molar-refractivity contribution is 5.32. The standard InChI is InChI=1S/C26H33NO/c1-4-25(21-11-7-5-8-12-21)26(22-13-9-6-10-14-22)23-15-17-24(18-16-23)28-20-19-27(2)3/h5-15,17-18,23,25-26H,4,16,19-20H2,1-3H3. The molecular formula is C26H33NO. The minimum absolute atomic E-state index is 0.462. The molecule has 3 unspecified atom stereocenters. The summed E-state index contributed by atoms with van der Waals surface area (Å²) in [7, 11) is 4.15. The minimum Gasteiger partial charge on any atom is -0.493 e. The highest BCUT2D eigenvalue weighted by atomic mass is 16.5. The molecule has 0 N–H and O–H groups in total. The largest absolute Gasteiger partial charge is 0.493 e. The van der Waals surface area contributed by atoms with E-state index in [9.17, 15) is 0 Å². The van der Waals surface area contributed by atoms with Gasteiger partial charge in [0.2, 0.25) is 0 Å². The number of hydrogen-bond acceptors (Lipinski definition) is 2. The second-order valence-electron chi connectivity index (χ2n) is 7.88. The van der Waals surface area contributed by atoms with Gasteiger partial charge in [-0.05, 0) is 68.0 Å². The van der Waals surface area contributed by atoms with Gasteiger partial charge < -0.3 is 9.64 Å². The van der Waals surface area contributed by atoms with E-state index >= 15 is 0 Å². The maximum Gasteiger partial charge on any atom is 0.115 e. The van der Waals surface area contributed by atoms with E-state index in [-0.39, 0.29) is 0 Å². The molecule has 0 amide bonds. The Hall–Kier alpha value is -2.32. The van der Waals surface area contributed by atoms with Crippen LogP contribution in [0.2, 0.25) is 0 Å². The van der Waals surface area contributed by atoms with Gasteiger partial charge in [0.15, 0.2) is 0 Å². The summed E-state index contributed by atoms with van der Waals surface area (Å²) in [4.78, 5) is 2.15. The predicted octanol–water partition coefficient (Wildman–Crippen LogP) is 6.00. The molecular weight excluding hydrogens is 342 g/mol. The van der Waals surface area contributed by atoms with Crippen molar-refractivity contribution in [3.63, 3.8) is 0 Å². The zero-order chi connectivity index (χ0) is 19.8. The van der Waals surface area contributed by atoms with Crippen molar-refractivity contribution in [2.24, 2.45) is 5.92 Å². The number of nitrogens with zero attached hydrogens (tertiary/aromatic N) is 1. The third-order valence-corrected chi connectivity index (χ3v) is 5.65. The Morgan fingerprint density at radius 2 is 1.61 bits per heavy atom. The Morgan fingerprint density at radius 3 is 2.14 bits per heavy atom. The average Bonchev–Trinajstić information content (AvgIpc) is 2.73. The fraction of sp³-hybridized carbons (Fsp3) is 0.385. The Labute approximate surface area is 170 Å².